The zero-order valence-electron chi connectivity index (χ0n) is 20.1. The topological polar surface area (TPSA) is 138 Å². The number of Topliss-reactive ketones (excluding diaryl/α,β-unsaturated/α-hetero) is 1. The number of aryl methyl sites for hydroxylation is 1. The summed E-state index contributed by atoms with van der Waals surface area (Å²) in [5.74, 6) is 1.67. The second-order valence-electron chi connectivity index (χ2n) is 8.47. The van der Waals surface area contributed by atoms with E-state index in [9.17, 15) is 9.59 Å². The third-order valence-electron chi connectivity index (χ3n) is 5.81. The molecule has 3 aromatic heterocycles. The van der Waals surface area contributed by atoms with E-state index < -0.39 is 11.8 Å². The number of hydrogen-bond acceptors (Lipinski definition) is 11. The van der Waals surface area contributed by atoms with Crippen molar-refractivity contribution in [2.45, 2.75) is 13.0 Å². The number of carbonyl (C=O) groups excluding carboxylic acids is 2. The Balaban J connectivity index is 1.25. The number of rotatable bonds is 8. The fourth-order valence-corrected chi connectivity index (χ4v) is 3.98. The van der Waals surface area contributed by atoms with Crippen molar-refractivity contribution in [2.24, 2.45) is 0 Å². The van der Waals surface area contributed by atoms with Crippen LogP contribution in [0.4, 0.5) is 29.0 Å². The molecule has 0 saturated carbocycles. The summed E-state index contributed by atoms with van der Waals surface area (Å²) in [6.45, 7) is 3.75. The molecule has 4 heterocycles. The first-order valence-corrected chi connectivity index (χ1v) is 11.8. The van der Waals surface area contributed by atoms with Crippen LogP contribution in [-0.2, 0) is 9.59 Å². The highest BCUT2D eigenvalue weighted by Gasteiger charge is 2.24. The lowest BCUT2D eigenvalue weighted by molar-refractivity contribution is -0.131. The van der Waals surface area contributed by atoms with Gasteiger partial charge in [0.1, 0.15) is 17.3 Å². The second-order valence-corrected chi connectivity index (χ2v) is 8.47. The maximum atomic E-state index is 11.7. The third-order valence-corrected chi connectivity index (χ3v) is 5.81. The Kier molecular flexibility index (Phi) is 7.04. The van der Waals surface area contributed by atoms with Crippen LogP contribution < -0.4 is 20.9 Å². The van der Waals surface area contributed by atoms with Gasteiger partial charge < -0.3 is 20.9 Å². The van der Waals surface area contributed by atoms with Gasteiger partial charge in [0.2, 0.25) is 11.7 Å². The first-order chi connectivity index (χ1) is 18.1. The van der Waals surface area contributed by atoms with Crippen LogP contribution in [0, 0.1) is 6.92 Å². The minimum absolute atomic E-state index is 0.377. The molecule has 3 N–H and O–H groups in total. The molecule has 0 amide bonds. The summed E-state index contributed by atoms with van der Waals surface area (Å²) in [4.78, 5) is 46.9. The van der Waals surface area contributed by atoms with Crippen LogP contribution in [-0.4, -0.2) is 62.7 Å². The van der Waals surface area contributed by atoms with Crippen molar-refractivity contribution in [3.05, 3.63) is 72.7 Å². The van der Waals surface area contributed by atoms with Gasteiger partial charge in [0, 0.05) is 49.1 Å². The van der Waals surface area contributed by atoms with Crippen molar-refractivity contribution in [3.63, 3.8) is 0 Å². The molecule has 11 nitrogen and oxygen atoms in total. The Hall–Kier alpha value is -4.77. The minimum atomic E-state index is -0.480. The maximum Gasteiger partial charge on any atom is 0.229 e. The molecule has 1 saturated heterocycles. The van der Waals surface area contributed by atoms with Crippen molar-refractivity contribution >= 4 is 41.0 Å². The SMILES string of the molecule is Cc1cccc(-c2nccc(Nc3ccnc(Nc4ccc(N5CCN[C@H](C(=O)C=O)C5)cc4)n3)n2)n1. The first kappa shape index (κ1) is 23.9. The van der Waals surface area contributed by atoms with Gasteiger partial charge in [-0.05, 0) is 55.5 Å². The molecular formula is C26H25N9O2. The minimum Gasteiger partial charge on any atom is -0.368 e. The molecule has 4 aromatic rings. The second kappa shape index (κ2) is 10.9. The highest BCUT2D eigenvalue weighted by Crippen LogP contribution is 2.22. The fourth-order valence-electron chi connectivity index (χ4n) is 3.98. The summed E-state index contributed by atoms with van der Waals surface area (Å²) in [6, 6.07) is 16.5. The summed E-state index contributed by atoms with van der Waals surface area (Å²) >= 11 is 0. The van der Waals surface area contributed by atoms with Gasteiger partial charge in [-0.15, -0.1) is 0 Å². The molecule has 5 rings (SSSR count). The first-order valence-electron chi connectivity index (χ1n) is 11.8. The van der Waals surface area contributed by atoms with Gasteiger partial charge in [-0.2, -0.15) is 4.98 Å². The van der Waals surface area contributed by atoms with Gasteiger partial charge in [0.25, 0.3) is 0 Å². The Morgan fingerprint density at radius 2 is 1.76 bits per heavy atom. The Bertz CT molecular complexity index is 1410. The van der Waals surface area contributed by atoms with E-state index in [0.29, 0.717) is 48.5 Å². The molecule has 186 valence electrons. The van der Waals surface area contributed by atoms with E-state index in [2.05, 4.69) is 45.8 Å². The van der Waals surface area contributed by atoms with Gasteiger partial charge >= 0.3 is 0 Å². The third kappa shape index (κ3) is 5.90. The Morgan fingerprint density at radius 3 is 2.54 bits per heavy atom. The molecule has 0 bridgehead atoms. The van der Waals surface area contributed by atoms with Gasteiger partial charge in [-0.25, -0.2) is 19.9 Å². The lowest BCUT2D eigenvalue weighted by Gasteiger charge is -2.33. The molecule has 0 unspecified atom stereocenters. The quantitative estimate of drug-likeness (QED) is 0.246. The number of piperazine rings is 1. The number of nitrogens with zero attached hydrogens (tertiary/aromatic N) is 6. The molecule has 1 aliphatic rings. The van der Waals surface area contributed by atoms with Crippen LogP contribution in [0.15, 0.2) is 67.0 Å². The van der Waals surface area contributed by atoms with E-state index in [1.165, 1.54) is 0 Å². The predicted molar refractivity (Wildman–Crippen MR) is 140 cm³/mol. The van der Waals surface area contributed by atoms with E-state index in [-0.39, 0.29) is 0 Å². The largest absolute Gasteiger partial charge is 0.368 e. The highest BCUT2D eigenvalue weighted by atomic mass is 16.2. The molecule has 1 aliphatic heterocycles. The number of aromatic nitrogens is 5. The van der Waals surface area contributed by atoms with Gasteiger partial charge in [-0.3, -0.25) is 9.59 Å². The Morgan fingerprint density at radius 1 is 0.973 bits per heavy atom. The standard InChI is InChI=1S/C26H25N9O2/c1-17-3-2-4-20(30-17)25-28-11-9-23(33-25)32-24-10-12-29-26(34-24)31-18-5-7-19(8-6-18)35-14-13-27-21(15-35)22(37)16-36/h2-12,16,21,27H,13-15H2,1H3,(H2,28,29,31,32,33,34)/t21-/m0/s1. The number of pyridine rings is 1. The van der Waals surface area contributed by atoms with E-state index in [0.717, 1.165) is 23.6 Å². The normalized spacial score (nSPS) is 15.2. The molecule has 0 spiro atoms. The lowest BCUT2D eigenvalue weighted by Crippen LogP contribution is -2.54. The molecule has 37 heavy (non-hydrogen) atoms. The van der Waals surface area contributed by atoms with Crippen molar-refractivity contribution in [1.29, 1.82) is 0 Å². The van der Waals surface area contributed by atoms with Crippen LogP contribution >= 0.6 is 0 Å². The average Bonchev–Trinajstić information content (AvgIpc) is 2.93. The number of anilines is 5. The molecule has 1 atom stereocenters. The van der Waals surface area contributed by atoms with E-state index in [1.807, 2.05) is 49.4 Å². The van der Waals surface area contributed by atoms with Crippen LogP contribution in [0.25, 0.3) is 11.5 Å². The van der Waals surface area contributed by atoms with Gasteiger partial charge in [0.15, 0.2) is 12.1 Å². The van der Waals surface area contributed by atoms with Crippen LogP contribution in [0.2, 0.25) is 0 Å². The zero-order valence-corrected chi connectivity index (χ0v) is 20.1. The summed E-state index contributed by atoms with van der Waals surface area (Å²) in [7, 11) is 0. The summed E-state index contributed by atoms with van der Waals surface area (Å²) in [5, 5.41) is 9.47. The van der Waals surface area contributed by atoms with Crippen LogP contribution in [0.5, 0.6) is 0 Å². The molecule has 0 radical (unpaired) electrons. The number of carbonyl (C=O) groups is 2. The molecule has 1 aromatic carbocycles. The van der Waals surface area contributed by atoms with Crippen molar-refractivity contribution in [1.82, 2.24) is 30.2 Å². The predicted octanol–water partition coefficient (Wildman–Crippen LogP) is 2.67. The van der Waals surface area contributed by atoms with Crippen LogP contribution in [0.3, 0.4) is 0 Å². The van der Waals surface area contributed by atoms with Crippen molar-refractivity contribution in [3.8, 4) is 11.5 Å². The summed E-state index contributed by atoms with van der Waals surface area (Å²) < 4.78 is 0. The highest BCUT2D eigenvalue weighted by molar-refractivity contribution is 6.27. The van der Waals surface area contributed by atoms with Gasteiger partial charge in [-0.1, -0.05) is 6.07 Å². The molecular weight excluding hydrogens is 470 g/mol. The number of aldehydes is 1. The molecule has 1 fully saturated rings. The van der Waals surface area contributed by atoms with E-state index >= 15 is 0 Å². The number of hydrogen-bond donors (Lipinski definition) is 3. The Labute approximate surface area is 213 Å². The van der Waals surface area contributed by atoms with Gasteiger partial charge in [0.05, 0.1) is 6.04 Å². The van der Waals surface area contributed by atoms with E-state index in [1.54, 1.807) is 24.5 Å². The maximum absolute atomic E-state index is 11.7. The average molecular weight is 496 g/mol. The van der Waals surface area contributed by atoms with Crippen LogP contribution in [0.1, 0.15) is 5.69 Å². The molecule has 0 aliphatic carbocycles. The fraction of sp³-hybridized carbons (Fsp3) is 0.192. The monoisotopic (exact) mass is 495 g/mol. The van der Waals surface area contributed by atoms with Crippen molar-refractivity contribution < 1.29 is 9.59 Å². The summed E-state index contributed by atoms with van der Waals surface area (Å²) in [5.41, 5.74) is 3.37. The lowest BCUT2D eigenvalue weighted by atomic mass is 10.1. The number of benzene rings is 1. The number of nitrogens with one attached hydrogen (secondary N) is 3. The molecule has 11 heteroatoms. The smallest absolute Gasteiger partial charge is 0.229 e. The zero-order chi connectivity index (χ0) is 25.6. The van der Waals surface area contributed by atoms with E-state index in [4.69, 9.17) is 0 Å². The van der Waals surface area contributed by atoms with Crippen molar-refractivity contribution in [2.75, 3.05) is 35.2 Å². The number of ketones is 1. The summed E-state index contributed by atoms with van der Waals surface area (Å²) in [6.07, 6.45) is 3.70.